The van der Waals surface area contributed by atoms with E-state index in [9.17, 15) is 0 Å². The molecule has 21 heavy (non-hydrogen) atoms. The van der Waals surface area contributed by atoms with Crippen LogP contribution < -0.4 is 15.2 Å². The Bertz CT molecular complexity index is 653. The summed E-state index contributed by atoms with van der Waals surface area (Å²) in [4.78, 5) is 0. The first-order valence-corrected chi connectivity index (χ1v) is 7.24. The van der Waals surface area contributed by atoms with Crippen molar-refractivity contribution in [2.45, 2.75) is 24.8 Å². The van der Waals surface area contributed by atoms with Crippen LogP contribution >= 0.6 is 0 Å². The number of benzene rings is 2. The fourth-order valence-electron chi connectivity index (χ4n) is 3.19. The molecule has 2 aromatic rings. The molecule has 3 nitrogen and oxygen atoms in total. The van der Waals surface area contributed by atoms with Crippen molar-refractivity contribution in [3.63, 3.8) is 0 Å². The molecule has 1 aliphatic carbocycles. The van der Waals surface area contributed by atoms with Crippen molar-refractivity contribution in [1.29, 1.82) is 0 Å². The summed E-state index contributed by atoms with van der Waals surface area (Å²) < 4.78 is 10.6. The molecular formula is C18H21NO2. The Balaban J connectivity index is 1.92. The highest BCUT2D eigenvalue weighted by atomic mass is 16.5. The van der Waals surface area contributed by atoms with E-state index in [1.807, 2.05) is 18.2 Å². The van der Waals surface area contributed by atoms with Gasteiger partial charge in [-0.25, -0.2) is 0 Å². The molecule has 0 amide bonds. The van der Waals surface area contributed by atoms with Crippen LogP contribution in [0.2, 0.25) is 0 Å². The summed E-state index contributed by atoms with van der Waals surface area (Å²) in [6.07, 6.45) is 2.80. The molecule has 0 aliphatic heterocycles. The Hall–Kier alpha value is -2.00. The molecule has 0 heterocycles. The van der Waals surface area contributed by atoms with Crippen LogP contribution in [0.25, 0.3) is 0 Å². The van der Waals surface area contributed by atoms with Crippen LogP contribution in [-0.2, 0) is 18.4 Å². The third-order valence-electron chi connectivity index (χ3n) is 4.35. The van der Waals surface area contributed by atoms with Crippen molar-refractivity contribution in [2.24, 2.45) is 5.73 Å². The van der Waals surface area contributed by atoms with E-state index in [4.69, 9.17) is 15.2 Å². The highest BCUT2D eigenvalue weighted by Crippen LogP contribution is 2.39. The number of nitrogens with two attached hydrogens (primary N) is 1. The van der Waals surface area contributed by atoms with Crippen LogP contribution in [0.1, 0.15) is 23.1 Å². The van der Waals surface area contributed by atoms with E-state index < -0.39 is 0 Å². The third-order valence-corrected chi connectivity index (χ3v) is 4.35. The Morgan fingerprint density at radius 3 is 2.57 bits per heavy atom. The zero-order valence-corrected chi connectivity index (χ0v) is 12.6. The first kappa shape index (κ1) is 14.0. The van der Waals surface area contributed by atoms with Gasteiger partial charge >= 0.3 is 0 Å². The molecule has 1 atom stereocenters. The fourth-order valence-corrected chi connectivity index (χ4v) is 3.19. The van der Waals surface area contributed by atoms with Crippen molar-refractivity contribution in [1.82, 2.24) is 0 Å². The van der Waals surface area contributed by atoms with Crippen LogP contribution in [0.15, 0.2) is 42.5 Å². The van der Waals surface area contributed by atoms with Crippen molar-refractivity contribution in [3.8, 4) is 11.5 Å². The lowest BCUT2D eigenvalue weighted by atomic mass is 9.86. The highest BCUT2D eigenvalue weighted by molar-refractivity contribution is 5.45. The molecule has 0 aromatic heterocycles. The molecule has 0 saturated carbocycles. The van der Waals surface area contributed by atoms with Crippen molar-refractivity contribution in [3.05, 3.63) is 59.2 Å². The van der Waals surface area contributed by atoms with Crippen LogP contribution in [0.4, 0.5) is 0 Å². The van der Waals surface area contributed by atoms with Gasteiger partial charge in [-0.3, -0.25) is 0 Å². The minimum atomic E-state index is -0.323. The lowest BCUT2D eigenvalue weighted by molar-refractivity contribution is 0.405. The maximum Gasteiger partial charge on any atom is 0.119 e. The van der Waals surface area contributed by atoms with Gasteiger partial charge in [0.25, 0.3) is 0 Å². The quantitative estimate of drug-likeness (QED) is 0.938. The van der Waals surface area contributed by atoms with Gasteiger partial charge < -0.3 is 15.2 Å². The first-order valence-electron chi connectivity index (χ1n) is 7.24. The first-order chi connectivity index (χ1) is 10.1. The van der Waals surface area contributed by atoms with E-state index >= 15 is 0 Å². The molecule has 0 radical (unpaired) electrons. The molecule has 3 rings (SSSR count). The normalized spacial score (nSPS) is 20.1. The molecule has 2 N–H and O–H groups in total. The molecule has 0 spiro atoms. The largest absolute Gasteiger partial charge is 0.497 e. The number of hydrogen-bond acceptors (Lipinski definition) is 3. The third kappa shape index (κ3) is 2.61. The molecular weight excluding hydrogens is 262 g/mol. The number of aryl methyl sites for hydroxylation is 1. The van der Waals surface area contributed by atoms with E-state index in [2.05, 4.69) is 24.3 Å². The lowest BCUT2D eigenvalue weighted by Crippen LogP contribution is -2.36. The average Bonchev–Trinajstić information content (AvgIpc) is 2.84. The summed E-state index contributed by atoms with van der Waals surface area (Å²) in [6, 6.07) is 14.4. The monoisotopic (exact) mass is 283 g/mol. The minimum absolute atomic E-state index is 0.323. The van der Waals surface area contributed by atoms with Crippen LogP contribution in [0, 0.1) is 0 Å². The smallest absolute Gasteiger partial charge is 0.119 e. The fraction of sp³-hybridized carbons (Fsp3) is 0.333. The van der Waals surface area contributed by atoms with Gasteiger partial charge in [-0.2, -0.15) is 0 Å². The van der Waals surface area contributed by atoms with E-state index in [0.29, 0.717) is 0 Å². The average molecular weight is 283 g/mol. The van der Waals surface area contributed by atoms with E-state index in [1.165, 1.54) is 16.7 Å². The number of hydrogen-bond donors (Lipinski definition) is 1. The highest BCUT2D eigenvalue weighted by Gasteiger charge is 2.35. The molecule has 0 bridgehead atoms. The van der Waals surface area contributed by atoms with Gasteiger partial charge in [-0.15, -0.1) is 0 Å². The topological polar surface area (TPSA) is 44.5 Å². The molecule has 0 saturated heterocycles. The van der Waals surface area contributed by atoms with Gasteiger partial charge in [0.15, 0.2) is 0 Å². The number of methoxy groups -OCH3 is 2. The maximum absolute atomic E-state index is 6.72. The van der Waals surface area contributed by atoms with Gasteiger partial charge in [0.2, 0.25) is 0 Å². The predicted octanol–water partition coefficient (Wildman–Crippen LogP) is 3.05. The number of ether oxygens (including phenoxy) is 2. The van der Waals surface area contributed by atoms with Gasteiger partial charge in [0, 0.05) is 5.54 Å². The van der Waals surface area contributed by atoms with Gasteiger partial charge in [0.05, 0.1) is 14.2 Å². The minimum Gasteiger partial charge on any atom is -0.497 e. The molecule has 1 aliphatic rings. The summed E-state index contributed by atoms with van der Waals surface area (Å²) in [7, 11) is 3.38. The lowest BCUT2D eigenvalue weighted by Gasteiger charge is -2.26. The van der Waals surface area contributed by atoms with Gasteiger partial charge in [-0.05, 0) is 60.2 Å². The van der Waals surface area contributed by atoms with Gasteiger partial charge in [-0.1, -0.05) is 18.2 Å². The molecule has 2 aromatic carbocycles. The standard InChI is InChI=1S/C18H21NO2/c1-20-15-5-3-4-13(10-15)12-18(19)9-8-14-6-7-16(21-2)11-17(14)18/h3-7,10-11H,8-9,12,19H2,1-2H3. The van der Waals surface area contributed by atoms with Crippen LogP contribution in [0.5, 0.6) is 11.5 Å². The Morgan fingerprint density at radius 2 is 1.81 bits per heavy atom. The Labute approximate surface area is 125 Å². The Morgan fingerprint density at radius 1 is 1.05 bits per heavy atom. The second kappa shape index (κ2) is 5.41. The van der Waals surface area contributed by atoms with Crippen LogP contribution in [-0.4, -0.2) is 14.2 Å². The van der Waals surface area contributed by atoms with Crippen LogP contribution in [0.3, 0.4) is 0 Å². The van der Waals surface area contributed by atoms with E-state index in [1.54, 1.807) is 14.2 Å². The summed E-state index contributed by atoms with van der Waals surface area (Å²) >= 11 is 0. The SMILES string of the molecule is COc1cccc(CC2(N)CCc3ccc(OC)cc32)c1. The zero-order chi connectivity index (χ0) is 14.9. The zero-order valence-electron chi connectivity index (χ0n) is 12.6. The number of rotatable bonds is 4. The summed E-state index contributed by atoms with van der Waals surface area (Å²) in [5.74, 6) is 1.75. The second-order valence-corrected chi connectivity index (χ2v) is 5.71. The molecule has 1 unspecified atom stereocenters. The number of fused-ring (bicyclic) bond motifs is 1. The Kier molecular flexibility index (Phi) is 3.60. The second-order valence-electron chi connectivity index (χ2n) is 5.71. The summed E-state index contributed by atoms with van der Waals surface area (Å²) in [5, 5.41) is 0. The van der Waals surface area contributed by atoms with Crippen molar-refractivity contribution in [2.75, 3.05) is 14.2 Å². The summed E-state index contributed by atoms with van der Waals surface area (Å²) in [6.45, 7) is 0. The van der Waals surface area contributed by atoms with E-state index in [0.717, 1.165) is 30.8 Å². The van der Waals surface area contributed by atoms with Gasteiger partial charge in [0.1, 0.15) is 11.5 Å². The van der Waals surface area contributed by atoms with Crippen molar-refractivity contribution < 1.29 is 9.47 Å². The summed E-state index contributed by atoms with van der Waals surface area (Å²) in [5.41, 5.74) is 10.1. The molecule has 3 heteroatoms. The predicted molar refractivity (Wildman–Crippen MR) is 83.9 cm³/mol. The molecule has 0 fully saturated rings. The molecule has 110 valence electrons. The maximum atomic E-state index is 6.72. The van der Waals surface area contributed by atoms with E-state index in [-0.39, 0.29) is 5.54 Å². The van der Waals surface area contributed by atoms with Crippen molar-refractivity contribution >= 4 is 0 Å².